The molecule has 1 N–H and O–H groups in total. The van der Waals surface area contributed by atoms with Crippen LogP contribution in [0.4, 0.5) is 17.1 Å². The summed E-state index contributed by atoms with van der Waals surface area (Å²) in [5.41, 5.74) is 3.12. The third kappa shape index (κ3) is 1.64. The van der Waals surface area contributed by atoms with E-state index in [2.05, 4.69) is 5.32 Å². The molecule has 3 rings (SSSR count). The molecule has 0 radical (unpaired) electrons. The fourth-order valence-electron chi connectivity index (χ4n) is 2.11. The highest BCUT2D eigenvalue weighted by Gasteiger charge is 2.23. The number of fused-ring (bicyclic) bond motifs is 2. The van der Waals surface area contributed by atoms with E-state index in [1.54, 1.807) is 18.0 Å². The Labute approximate surface area is 110 Å². The molecule has 0 aromatic heterocycles. The maximum absolute atomic E-state index is 12.3. The van der Waals surface area contributed by atoms with Crippen molar-refractivity contribution in [2.24, 2.45) is 0 Å². The minimum atomic E-state index is -0.0285. The molecule has 0 bridgehead atoms. The lowest BCUT2D eigenvalue weighted by Crippen LogP contribution is -2.25. The zero-order chi connectivity index (χ0) is 12.7. The van der Waals surface area contributed by atoms with Gasteiger partial charge >= 0.3 is 0 Å². The molecule has 1 aliphatic rings. The van der Waals surface area contributed by atoms with Gasteiger partial charge in [0.1, 0.15) is 0 Å². The molecule has 2 aromatic rings. The largest absolute Gasteiger partial charge is 0.353 e. The lowest BCUT2D eigenvalue weighted by molar-refractivity contribution is 0.0994. The summed E-state index contributed by atoms with van der Waals surface area (Å²) in [7, 11) is 1.76. The van der Waals surface area contributed by atoms with Crippen molar-refractivity contribution in [2.75, 3.05) is 17.3 Å². The van der Waals surface area contributed by atoms with E-state index >= 15 is 0 Å². The molecule has 0 unspecified atom stereocenters. The number of hydrogen-bond donors (Lipinski definition) is 1. The molecular formula is C14H11ClN2O. The van der Waals surface area contributed by atoms with Crippen molar-refractivity contribution in [3.05, 3.63) is 53.1 Å². The van der Waals surface area contributed by atoms with E-state index in [1.165, 1.54) is 0 Å². The average Bonchev–Trinajstić information content (AvgIpc) is 2.47. The molecule has 1 heterocycles. The third-order valence-electron chi connectivity index (χ3n) is 3.05. The van der Waals surface area contributed by atoms with Crippen LogP contribution in [-0.2, 0) is 0 Å². The quantitative estimate of drug-likeness (QED) is 0.782. The van der Waals surface area contributed by atoms with E-state index in [1.807, 2.05) is 36.4 Å². The van der Waals surface area contributed by atoms with Crippen molar-refractivity contribution < 1.29 is 4.79 Å². The van der Waals surface area contributed by atoms with Gasteiger partial charge in [-0.2, -0.15) is 0 Å². The van der Waals surface area contributed by atoms with Crippen LogP contribution in [0.3, 0.4) is 0 Å². The predicted molar refractivity (Wildman–Crippen MR) is 73.9 cm³/mol. The van der Waals surface area contributed by atoms with Crippen LogP contribution in [0.1, 0.15) is 10.4 Å². The fraction of sp³-hybridized carbons (Fsp3) is 0.0714. The summed E-state index contributed by atoms with van der Waals surface area (Å²) in [6.07, 6.45) is 0. The van der Waals surface area contributed by atoms with E-state index < -0.39 is 0 Å². The second-order valence-electron chi connectivity index (χ2n) is 4.20. The highest BCUT2D eigenvalue weighted by atomic mass is 35.5. The second-order valence-corrected chi connectivity index (χ2v) is 4.63. The first kappa shape index (κ1) is 11.1. The Morgan fingerprint density at radius 3 is 2.72 bits per heavy atom. The maximum atomic E-state index is 12.3. The average molecular weight is 259 g/mol. The highest BCUT2D eigenvalue weighted by Crippen LogP contribution is 2.36. The molecule has 0 saturated carbocycles. The Bertz CT molecular complexity index is 639. The van der Waals surface area contributed by atoms with Crippen LogP contribution in [-0.4, -0.2) is 13.0 Å². The van der Waals surface area contributed by atoms with Crippen molar-refractivity contribution >= 4 is 34.6 Å². The Morgan fingerprint density at radius 2 is 1.89 bits per heavy atom. The molecule has 18 heavy (non-hydrogen) atoms. The molecule has 1 amide bonds. The van der Waals surface area contributed by atoms with Gasteiger partial charge in [-0.15, -0.1) is 0 Å². The van der Waals surface area contributed by atoms with Crippen LogP contribution in [0, 0.1) is 0 Å². The highest BCUT2D eigenvalue weighted by molar-refractivity contribution is 6.31. The van der Waals surface area contributed by atoms with Gasteiger partial charge < -0.3 is 10.2 Å². The molecule has 90 valence electrons. The van der Waals surface area contributed by atoms with Crippen molar-refractivity contribution in [3.63, 3.8) is 0 Å². The Hall–Kier alpha value is -2.00. The summed E-state index contributed by atoms with van der Waals surface area (Å²) in [4.78, 5) is 14.0. The van der Waals surface area contributed by atoms with Gasteiger partial charge in [-0.3, -0.25) is 4.79 Å². The third-order valence-corrected chi connectivity index (χ3v) is 3.29. The molecular weight excluding hydrogens is 248 g/mol. The summed E-state index contributed by atoms with van der Waals surface area (Å²) in [6.45, 7) is 0. The molecule has 0 saturated heterocycles. The van der Waals surface area contributed by atoms with Gasteiger partial charge in [0.25, 0.3) is 5.91 Å². The smallest absolute Gasteiger partial charge is 0.260 e. The zero-order valence-electron chi connectivity index (χ0n) is 9.77. The normalized spacial score (nSPS) is 13.4. The Balaban J connectivity index is 2.24. The SMILES string of the molecule is CN1C(=O)c2ccccc2Nc2cc(Cl)ccc21. The van der Waals surface area contributed by atoms with Crippen LogP contribution in [0.25, 0.3) is 0 Å². The second kappa shape index (κ2) is 4.03. The number of benzene rings is 2. The van der Waals surface area contributed by atoms with E-state index in [-0.39, 0.29) is 5.91 Å². The number of anilines is 3. The monoisotopic (exact) mass is 258 g/mol. The number of amides is 1. The standard InChI is InChI=1S/C14H11ClN2O/c1-17-13-7-6-9(15)8-12(13)16-11-5-3-2-4-10(11)14(17)18/h2-8,16H,1H3. The van der Waals surface area contributed by atoms with Crippen LogP contribution in [0.2, 0.25) is 5.02 Å². The van der Waals surface area contributed by atoms with Gasteiger partial charge in [-0.25, -0.2) is 0 Å². The minimum absolute atomic E-state index is 0.0285. The first-order valence-electron chi connectivity index (χ1n) is 5.60. The Kier molecular flexibility index (Phi) is 2.49. The molecule has 2 aromatic carbocycles. The molecule has 0 aliphatic carbocycles. The number of rotatable bonds is 0. The van der Waals surface area contributed by atoms with Crippen LogP contribution < -0.4 is 10.2 Å². The van der Waals surface area contributed by atoms with Gasteiger partial charge in [0, 0.05) is 12.1 Å². The van der Waals surface area contributed by atoms with Gasteiger partial charge in [0.15, 0.2) is 0 Å². The molecule has 0 fully saturated rings. The van der Waals surface area contributed by atoms with Gasteiger partial charge in [-0.05, 0) is 30.3 Å². The first-order chi connectivity index (χ1) is 8.66. The lowest BCUT2D eigenvalue weighted by Gasteiger charge is -2.17. The molecule has 0 atom stereocenters. The summed E-state index contributed by atoms with van der Waals surface area (Å²) < 4.78 is 0. The predicted octanol–water partition coefficient (Wildman–Crippen LogP) is 3.67. The van der Waals surface area contributed by atoms with E-state index in [0.29, 0.717) is 10.6 Å². The van der Waals surface area contributed by atoms with Crippen molar-refractivity contribution in [2.45, 2.75) is 0 Å². The van der Waals surface area contributed by atoms with Crippen LogP contribution in [0.5, 0.6) is 0 Å². The molecule has 3 nitrogen and oxygen atoms in total. The number of hydrogen-bond acceptors (Lipinski definition) is 2. The minimum Gasteiger partial charge on any atom is -0.353 e. The maximum Gasteiger partial charge on any atom is 0.260 e. The Morgan fingerprint density at radius 1 is 1.11 bits per heavy atom. The van der Waals surface area contributed by atoms with Crippen molar-refractivity contribution in [1.82, 2.24) is 0 Å². The fourth-order valence-corrected chi connectivity index (χ4v) is 2.29. The summed E-state index contributed by atoms with van der Waals surface area (Å²) in [5.74, 6) is -0.0285. The van der Waals surface area contributed by atoms with Gasteiger partial charge in [0.2, 0.25) is 0 Å². The molecule has 1 aliphatic heterocycles. The van der Waals surface area contributed by atoms with Crippen molar-refractivity contribution in [3.8, 4) is 0 Å². The topological polar surface area (TPSA) is 32.3 Å². The molecule has 0 spiro atoms. The van der Waals surface area contributed by atoms with E-state index in [4.69, 9.17) is 11.6 Å². The van der Waals surface area contributed by atoms with Gasteiger partial charge in [0.05, 0.1) is 22.6 Å². The van der Waals surface area contributed by atoms with Crippen molar-refractivity contribution in [1.29, 1.82) is 0 Å². The number of halogens is 1. The number of nitrogens with zero attached hydrogens (tertiary/aromatic N) is 1. The zero-order valence-corrected chi connectivity index (χ0v) is 10.5. The molecule has 4 heteroatoms. The van der Waals surface area contributed by atoms with Crippen LogP contribution in [0.15, 0.2) is 42.5 Å². The first-order valence-corrected chi connectivity index (χ1v) is 5.98. The number of nitrogens with one attached hydrogen (secondary N) is 1. The number of para-hydroxylation sites is 1. The number of carbonyl (C=O) groups excluding carboxylic acids is 1. The summed E-state index contributed by atoms with van der Waals surface area (Å²) >= 11 is 6.00. The summed E-state index contributed by atoms with van der Waals surface area (Å²) in [5, 5.41) is 3.90. The lowest BCUT2D eigenvalue weighted by atomic mass is 10.1. The summed E-state index contributed by atoms with van der Waals surface area (Å²) in [6, 6.07) is 12.9. The number of carbonyl (C=O) groups is 1. The van der Waals surface area contributed by atoms with Gasteiger partial charge in [-0.1, -0.05) is 23.7 Å². The van der Waals surface area contributed by atoms with E-state index in [9.17, 15) is 4.79 Å². The van der Waals surface area contributed by atoms with Crippen LogP contribution >= 0.6 is 11.6 Å². The van der Waals surface area contributed by atoms with E-state index in [0.717, 1.165) is 17.1 Å².